The molecule has 148 valence electrons. The lowest BCUT2D eigenvalue weighted by Crippen LogP contribution is -2.36. The Morgan fingerprint density at radius 3 is 2.29 bits per heavy atom. The standard InChI is InChI=1S/C22H26N2O4/c1-15(2)16-4-6-17(7-5-16)21(25)23-19-14-18(22(26)27-3)8-9-20(19)24-10-12-28-13-11-24/h4-9,14-15H,10-13H2,1-3H3,(H,23,25). The van der Waals surface area contributed by atoms with E-state index in [4.69, 9.17) is 9.47 Å². The molecular formula is C22H26N2O4. The van der Waals surface area contributed by atoms with Gasteiger partial charge in [-0.25, -0.2) is 4.79 Å². The van der Waals surface area contributed by atoms with E-state index in [1.165, 1.54) is 12.7 Å². The van der Waals surface area contributed by atoms with E-state index >= 15 is 0 Å². The van der Waals surface area contributed by atoms with E-state index in [1.54, 1.807) is 12.1 Å². The van der Waals surface area contributed by atoms with E-state index in [9.17, 15) is 9.59 Å². The molecule has 0 spiro atoms. The Bertz CT molecular complexity index is 840. The van der Waals surface area contributed by atoms with Crippen LogP contribution in [-0.2, 0) is 9.47 Å². The topological polar surface area (TPSA) is 67.9 Å². The first-order valence-electron chi connectivity index (χ1n) is 9.46. The second-order valence-corrected chi connectivity index (χ2v) is 7.05. The van der Waals surface area contributed by atoms with Gasteiger partial charge in [0, 0.05) is 18.7 Å². The highest BCUT2D eigenvalue weighted by Gasteiger charge is 2.19. The van der Waals surface area contributed by atoms with Crippen molar-refractivity contribution in [3.05, 3.63) is 59.2 Å². The third-order valence-electron chi connectivity index (χ3n) is 4.86. The summed E-state index contributed by atoms with van der Waals surface area (Å²) in [6.45, 7) is 6.93. The molecule has 0 bridgehead atoms. The highest BCUT2D eigenvalue weighted by Crippen LogP contribution is 2.29. The van der Waals surface area contributed by atoms with Gasteiger partial charge < -0.3 is 19.7 Å². The lowest BCUT2D eigenvalue weighted by molar-refractivity contribution is 0.0600. The SMILES string of the molecule is COC(=O)c1ccc(N2CCOCC2)c(NC(=O)c2ccc(C(C)C)cc2)c1. The number of amides is 1. The Labute approximate surface area is 165 Å². The number of esters is 1. The van der Waals surface area contributed by atoms with Crippen LogP contribution in [0.3, 0.4) is 0 Å². The second-order valence-electron chi connectivity index (χ2n) is 7.05. The molecule has 0 radical (unpaired) electrons. The van der Waals surface area contributed by atoms with Gasteiger partial charge in [0.2, 0.25) is 0 Å². The summed E-state index contributed by atoms with van der Waals surface area (Å²) in [6.07, 6.45) is 0. The summed E-state index contributed by atoms with van der Waals surface area (Å²) in [6, 6.07) is 12.8. The largest absolute Gasteiger partial charge is 0.465 e. The van der Waals surface area contributed by atoms with E-state index in [-0.39, 0.29) is 5.91 Å². The molecule has 1 aliphatic rings. The number of benzene rings is 2. The minimum absolute atomic E-state index is 0.216. The van der Waals surface area contributed by atoms with Crippen molar-refractivity contribution in [1.82, 2.24) is 0 Å². The minimum Gasteiger partial charge on any atom is -0.465 e. The van der Waals surface area contributed by atoms with Crippen molar-refractivity contribution in [2.45, 2.75) is 19.8 Å². The minimum atomic E-state index is -0.440. The summed E-state index contributed by atoms with van der Waals surface area (Å²) in [4.78, 5) is 26.9. The van der Waals surface area contributed by atoms with E-state index in [0.29, 0.717) is 35.9 Å². The number of nitrogens with one attached hydrogen (secondary N) is 1. The number of rotatable bonds is 5. The van der Waals surface area contributed by atoms with Gasteiger partial charge in [0.25, 0.3) is 5.91 Å². The molecular weight excluding hydrogens is 356 g/mol. The van der Waals surface area contributed by atoms with Crippen LogP contribution in [0.5, 0.6) is 0 Å². The maximum atomic E-state index is 12.8. The fourth-order valence-corrected chi connectivity index (χ4v) is 3.17. The van der Waals surface area contributed by atoms with Crippen LogP contribution in [0, 0.1) is 0 Å². The molecule has 0 aliphatic carbocycles. The summed E-state index contributed by atoms with van der Waals surface area (Å²) in [5, 5.41) is 2.96. The summed E-state index contributed by atoms with van der Waals surface area (Å²) in [5.74, 6) is -0.251. The first kappa shape index (κ1) is 19.9. The Hall–Kier alpha value is -2.86. The van der Waals surface area contributed by atoms with E-state index in [2.05, 4.69) is 24.1 Å². The molecule has 6 heteroatoms. The van der Waals surface area contributed by atoms with Crippen LogP contribution in [-0.4, -0.2) is 45.3 Å². The van der Waals surface area contributed by atoms with Crippen LogP contribution in [0.15, 0.2) is 42.5 Å². The average Bonchev–Trinajstić information content (AvgIpc) is 2.73. The maximum absolute atomic E-state index is 12.8. The van der Waals surface area contributed by atoms with E-state index in [0.717, 1.165) is 18.8 Å². The summed E-state index contributed by atoms with van der Waals surface area (Å²) < 4.78 is 10.2. The zero-order chi connectivity index (χ0) is 20.1. The Balaban J connectivity index is 1.88. The molecule has 1 saturated heterocycles. The van der Waals surface area contributed by atoms with Crippen molar-refractivity contribution >= 4 is 23.3 Å². The van der Waals surface area contributed by atoms with Gasteiger partial charge in [-0.3, -0.25) is 4.79 Å². The van der Waals surface area contributed by atoms with Crippen molar-refractivity contribution < 1.29 is 19.1 Å². The first-order chi connectivity index (χ1) is 13.5. The second kappa shape index (κ2) is 8.89. The molecule has 0 unspecified atom stereocenters. The summed E-state index contributed by atoms with van der Waals surface area (Å²) in [5.41, 5.74) is 3.59. The summed E-state index contributed by atoms with van der Waals surface area (Å²) >= 11 is 0. The number of hydrogen-bond donors (Lipinski definition) is 1. The molecule has 2 aromatic carbocycles. The van der Waals surface area contributed by atoms with E-state index < -0.39 is 5.97 Å². The van der Waals surface area contributed by atoms with Crippen molar-refractivity contribution in [2.24, 2.45) is 0 Å². The molecule has 1 fully saturated rings. The molecule has 3 rings (SSSR count). The highest BCUT2D eigenvalue weighted by atomic mass is 16.5. The van der Waals surface area contributed by atoms with Gasteiger partial charge in [0.15, 0.2) is 0 Å². The van der Waals surface area contributed by atoms with Gasteiger partial charge in [0.05, 0.1) is 37.3 Å². The van der Waals surface area contributed by atoms with Gasteiger partial charge in [0.1, 0.15) is 0 Å². The number of ether oxygens (including phenoxy) is 2. The van der Waals surface area contributed by atoms with Crippen LogP contribution in [0.25, 0.3) is 0 Å². The molecule has 0 aromatic heterocycles. The van der Waals surface area contributed by atoms with Crippen LogP contribution in [0.4, 0.5) is 11.4 Å². The number of methoxy groups -OCH3 is 1. The molecule has 0 saturated carbocycles. The number of carbonyl (C=O) groups is 2. The molecule has 6 nitrogen and oxygen atoms in total. The van der Waals surface area contributed by atoms with Crippen molar-refractivity contribution in [1.29, 1.82) is 0 Å². The summed E-state index contributed by atoms with van der Waals surface area (Å²) in [7, 11) is 1.34. The van der Waals surface area contributed by atoms with Crippen molar-refractivity contribution in [2.75, 3.05) is 43.6 Å². The van der Waals surface area contributed by atoms with Crippen LogP contribution >= 0.6 is 0 Å². The van der Waals surface area contributed by atoms with Gasteiger partial charge >= 0.3 is 5.97 Å². The third-order valence-corrected chi connectivity index (χ3v) is 4.86. The Morgan fingerprint density at radius 1 is 1.04 bits per heavy atom. The predicted molar refractivity (Wildman–Crippen MR) is 109 cm³/mol. The molecule has 1 heterocycles. The van der Waals surface area contributed by atoms with Gasteiger partial charge in [-0.1, -0.05) is 26.0 Å². The molecule has 1 N–H and O–H groups in total. The van der Waals surface area contributed by atoms with Crippen LogP contribution in [0.2, 0.25) is 0 Å². The van der Waals surface area contributed by atoms with Gasteiger partial charge in [-0.2, -0.15) is 0 Å². The van der Waals surface area contributed by atoms with Crippen LogP contribution in [0.1, 0.15) is 46.0 Å². The maximum Gasteiger partial charge on any atom is 0.337 e. The lowest BCUT2D eigenvalue weighted by Gasteiger charge is -2.30. The monoisotopic (exact) mass is 382 g/mol. The zero-order valence-corrected chi connectivity index (χ0v) is 16.5. The number of nitrogens with zero attached hydrogens (tertiary/aromatic N) is 1. The third kappa shape index (κ3) is 4.51. The quantitative estimate of drug-likeness (QED) is 0.799. The number of hydrogen-bond acceptors (Lipinski definition) is 5. The smallest absolute Gasteiger partial charge is 0.337 e. The first-order valence-corrected chi connectivity index (χ1v) is 9.46. The molecule has 28 heavy (non-hydrogen) atoms. The molecule has 2 aromatic rings. The molecule has 1 amide bonds. The fourth-order valence-electron chi connectivity index (χ4n) is 3.17. The normalized spacial score (nSPS) is 14.1. The number of morpholine rings is 1. The predicted octanol–water partition coefficient (Wildman–Crippen LogP) is 3.69. The molecule has 0 atom stereocenters. The lowest BCUT2D eigenvalue weighted by atomic mass is 10.0. The average molecular weight is 382 g/mol. The molecule has 1 aliphatic heterocycles. The van der Waals surface area contributed by atoms with E-state index in [1.807, 2.05) is 30.3 Å². The number of carbonyl (C=O) groups excluding carboxylic acids is 2. The van der Waals surface area contributed by atoms with Crippen LogP contribution < -0.4 is 10.2 Å². The Kier molecular flexibility index (Phi) is 6.31. The fraction of sp³-hybridized carbons (Fsp3) is 0.364. The van der Waals surface area contributed by atoms with Crippen molar-refractivity contribution in [3.8, 4) is 0 Å². The van der Waals surface area contributed by atoms with Gasteiger partial charge in [-0.05, 0) is 41.8 Å². The number of anilines is 2. The highest BCUT2D eigenvalue weighted by molar-refractivity contribution is 6.06. The zero-order valence-electron chi connectivity index (χ0n) is 16.5. The Morgan fingerprint density at radius 2 is 1.68 bits per heavy atom. The van der Waals surface area contributed by atoms with Crippen molar-refractivity contribution in [3.63, 3.8) is 0 Å². The van der Waals surface area contributed by atoms with Gasteiger partial charge in [-0.15, -0.1) is 0 Å².